The minimum atomic E-state index is -0.0277. The number of hydrogen-bond donors (Lipinski definition) is 1. The molecule has 0 fully saturated rings. The molecule has 18 heavy (non-hydrogen) atoms. The van der Waals surface area contributed by atoms with Crippen molar-refractivity contribution < 1.29 is 4.79 Å². The first-order chi connectivity index (χ1) is 8.70. The van der Waals surface area contributed by atoms with Gasteiger partial charge in [0.2, 0.25) is 5.91 Å². The van der Waals surface area contributed by atoms with E-state index in [-0.39, 0.29) is 5.91 Å². The number of aromatic nitrogens is 2. The third-order valence-corrected chi connectivity index (χ3v) is 3.47. The predicted molar refractivity (Wildman–Crippen MR) is 73.8 cm³/mol. The molecule has 0 bridgehead atoms. The van der Waals surface area contributed by atoms with E-state index in [0.717, 1.165) is 10.5 Å². The van der Waals surface area contributed by atoms with Crippen molar-refractivity contribution in [2.24, 2.45) is 7.05 Å². The van der Waals surface area contributed by atoms with E-state index >= 15 is 0 Å². The second-order valence-corrected chi connectivity index (χ2v) is 4.72. The highest BCUT2D eigenvalue weighted by Crippen LogP contribution is 2.20. The second kappa shape index (κ2) is 5.73. The summed E-state index contributed by atoms with van der Waals surface area (Å²) in [7, 11) is 1.80. The van der Waals surface area contributed by atoms with Crippen molar-refractivity contribution in [2.75, 3.05) is 11.6 Å². The van der Waals surface area contributed by atoms with Crippen LogP contribution in [-0.2, 0) is 18.3 Å². The molecular formula is C13H15N3OS. The lowest BCUT2D eigenvalue weighted by atomic mass is 10.1. The van der Waals surface area contributed by atoms with Gasteiger partial charge in [-0.25, -0.2) is 0 Å². The normalized spacial score (nSPS) is 10.3. The quantitative estimate of drug-likeness (QED) is 0.859. The first-order valence-corrected chi connectivity index (χ1v) is 6.83. The minimum Gasteiger partial charge on any atom is -0.311 e. The fraction of sp³-hybridized carbons (Fsp3) is 0.231. The molecule has 1 aromatic carbocycles. The van der Waals surface area contributed by atoms with Gasteiger partial charge in [0.25, 0.3) is 0 Å². The zero-order chi connectivity index (χ0) is 13.0. The number of rotatable bonds is 4. The van der Waals surface area contributed by atoms with Gasteiger partial charge in [-0.1, -0.05) is 18.2 Å². The van der Waals surface area contributed by atoms with E-state index in [9.17, 15) is 4.79 Å². The third kappa shape index (κ3) is 2.92. The molecule has 2 rings (SSSR count). The Morgan fingerprint density at radius 3 is 2.83 bits per heavy atom. The van der Waals surface area contributed by atoms with Gasteiger partial charge in [0, 0.05) is 18.0 Å². The number of carbonyl (C=O) groups excluding carboxylic acids is 1. The predicted octanol–water partition coefficient (Wildman–Crippen LogP) is 2.32. The zero-order valence-corrected chi connectivity index (χ0v) is 11.2. The fourth-order valence-corrected chi connectivity index (χ4v) is 2.32. The van der Waals surface area contributed by atoms with Crippen LogP contribution in [0.3, 0.4) is 0 Å². The van der Waals surface area contributed by atoms with Gasteiger partial charge < -0.3 is 5.32 Å². The molecule has 4 nitrogen and oxygen atoms in total. The average molecular weight is 261 g/mol. The lowest BCUT2D eigenvalue weighted by Crippen LogP contribution is -2.17. The number of amides is 1. The number of nitrogens with zero attached hydrogens (tertiary/aromatic N) is 2. The van der Waals surface area contributed by atoms with E-state index in [4.69, 9.17) is 0 Å². The Kier molecular flexibility index (Phi) is 4.04. The van der Waals surface area contributed by atoms with E-state index in [1.807, 2.05) is 30.5 Å². The van der Waals surface area contributed by atoms with Gasteiger partial charge in [0.05, 0.1) is 12.6 Å². The molecule has 0 saturated carbocycles. The number of hydrogen-bond acceptors (Lipinski definition) is 3. The summed E-state index contributed by atoms with van der Waals surface area (Å²) in [6.45, 7) is 0. The SMILES string of the molecule is CSc1ccccc1CC(=O)Nc1ccnn1C. The number of carbonyl (C=O) groups is 1. The molecule has 1 heterocycles. The molecule has 0 saturated heterocycles. The Balaban J connectivity index is 2.05. The first-order valence-electron chi connectivity index (χ1n) is 5.60. The van der Waals surface area contributed by atoms with E-state index < -0.39 is 0 Å². The summed E-state index contributed by atoms with van der Waals surface area (Å²) in [4.78, 5) is 13.1. The molecule has 0 radical (unpaired) electrons. The molecule has 1 aromatic heterocycles. The largest absolute Gasteiger partial charge is 0.311 e. The number of benzene rings is 1. The number of aryl methyl sites for hydroxylation is 1. The van der Waals surface area contributed by atoms with Crippen molar-refractivity contribution in [1.29, 1.82) is 0 Å². The molecular weight excluding hydrogens is 246 g/mol. The van der Waals surface area contributed by atoms with Gasteiger partial charge in [-0.15, -0.1) is 11.8 Å². The van der Waals surface area contributed by atoms with E-state index in [2.05, 4.69) is 10.4 Å². The Labute approximate surface area is 110 Å². The molecule has 1 N–H and O–H groups in total. The lowest BCUT2D eigenvalue weighted by molar-refractivity contribution is -0.115. The van der Waals surface area contributed by atoms with E-state index in [1.165, 1.54) is 0 Å². The van der Waals surface area contributed by atoms with Gasteiger partial charge in [-0.3, -0.25) is 9.48 Å². The van der Waals surface area contributed by atoms with Crippen LogP contribution in [-0.4, -0.2) is 21.9 Å². The van der Waals surface area contributed by atoms with Gasteiger partial charge in [-0.2, -0.15) is 5.10 Å². The molecule has 2 aromatic rings. The molecule has 0 atom stereocenters. The number of thioether (sulfide) groups is 1. The minimum absolute atomic E-state index is 0.0277. The highest BCUT2D eigenvalue weighted by Gasteiger charge is 2.09. The monoisotopic (exact) mass is 261 g/mol. The van der Waals surface area contributed by atoms with Crippen molar-refractivity contribution >= 4 is 23.5 Å². The van der Waals surface area contributed by atoms with Crippen molar-refractivity contribution in [2.45, 2.75) is 11.3 Å². The third-order valence-electron chi connectivity index (χ3n) is 2.63. The molecule has 0 aliphatic rings. The molecule has 0 aliphatic carbocycles. The van der Waals surface area contributed by atoms with Crippen LogP contribution in [0.4, 0.5) is 5.82 Å². The smallest absolute Gasteiger partial charge is 0.229 e. The van der Waals surface area contributed by atoms with Crippen LogP contribution in [0.15, 0.2) is 41.4 Å². The lowest BCUT2D eigenvalue weighted by Gasteiger charge is -2.08. The summed E-state index contributed by atoms with van der Waals surface area (Å²) < 4.78 is 1.64. The van der Waals surface area contributed by atoms with Gasteiger partial charge >= 0.3 is 0 Å². The first kappa shape index (κ1) is 12.7. The van der Waals surface area contributed by atoms with Crippen molar-refractivity contribution in [3.63, 3.8) is 0 Å². The summed E-state index contributed by atoms with van der Waals surface area (Å²) in [5.74, 6) is 0.682. The van der Waals surface area contributed by atoms with Crippen LogP contribution in [0.5, 0.6) is 0 Å². The van der Waals surface area contributed by atoms with Crippen molar-refractivity contribution in [3.05, 3.63) is 42.1 Å². The maximum absolute atomic E-state index is 11.9. The van der Waals surface area contributed by atoms with E-state index in [1.54, 1.807) is 35.8 Å². The molecule has 0 spiro atoms. The van der Waals surface area contributed by atoms with Crippen LogP contribution in [0.25, 0.3) is 0 Å². The summed E-state index contributed by atoms with van der Waals surface area (Å²) in [6.07, 6.45) is 4.05. The van der Waals surface area contributed by atoms with Gasteiger partial charge in [0.15, 0.2) is 0 Å². The summed E-state index contributed by atoms with van der Waals surface area (Å²) >= 11 is 1.65. The van der Waals surface area contributed by atoms with Crippen LogP contribution in [0.1, 0.15) is 5.56 Å². The molecule has 1 amide bonds. The Morgan fingerprint density at radius 2 is 2.17 bits per heavy atom. The zero-order valence-electron chi connectivity index (χ0n) is 10.4. The van der Waals surface area contributed by atoms with Crippen LogP contribution < -0.4 is 5.32 Å². The maximum Gasteiger partial charge on any atom is 0.229 e. The highest BCUT2D eigenvalue weighted by atomic mass is 32.2. The molecule has 0 unspecified atom stereocenters. The number of anilines is 1. The summed E-state index contributed by atoms with van der Waals surface area (Å²) in [6, 6.07) is 9.71. The second-order valence-electron chi connectivity index (χ2n) is 3.88. The molecule has 94 valence electrons. The summed E-state index contributed by atoms with van der Waals surface area (Å²) in [5.41, 5.74) is 1.05. The Morgan fingerprint density at radius 1 is 1.39 bits per heavy atom. The van der Waals surface area contributed by atoms with Crippen molar-refractivity contribution in [3.8, 4) is 0 Å². The fourth-order valence-electron chi connectivity index (χ4n) is 1.71. The summed E-state index contributed by atoms with van der Waals surface area (Å²) in [5, 5.41) is 6.85. The standard InChI is InChI=1S/C13H15N3OS/c1-16-12(7-8-14-16)15-13(17)9-10-5-3-4-6-11(10)18-2/h3-8H,9H2,1-2H3,(H,15,17). The van der Waals surface area contributed by atoms with Crippen LogP contribution in [0.2, 0.25) is 0 Å². The van der Waals surface area contributed by atoms with Crippen LogP contribution >= 0.6 is 11.8 Å². The van der Waals surface area contributed by atoms with Gasteiger partial charge in [-0.05, 0) is 17.9 Å². The maximum atomic E-state index is 11.9. The Bertz CT molecular complexity index is 551. The highest BCUT2D eigenvalue weighted by molar-refractivity contribution is 7.98. The average Bonchev–Trinajstić information content (AvgIpc) is 2.75. The topological polar surface area (TPSA) is 46.9 Å². The molecule has 0 aliphatic heterocycles. The van der Waals surface area contributed by atoms with Gasteiger partial charge in [0.1, 0.15) is 5.82 Å². The number of nitrogens with one attached hydrogen (secondary N) is 1. The van der Waals surface area contributed by atoms with E-state index in [0.29, 0.717) is 12.2 Å². The van der Waals surface area contributed by atoms with Crippen LogP contribution in [0, 0.1) is 0 Å². The Hall–Kier alpha value is -1.75. The molecule has 5 heteroatoms. The van der Waals surface area contributed by atoms with Crippen molar-refractivity contribution in [1.82, 2.24) is 9.78 Å².